The van der Waals surface area contributed by atoms with Crippen LogP contribution in [0.5, 0.6) is 11.5 Å². The van der Waals surface area contributed by atoms with Crippen LogP contribution < -0.4 is 21.1 Å². The van der Waals surface area contributed by atoms with Crippen molar-refractivity contribution >= 4 is 16.9 Å². The van der Waals surface area contributed by atoms with Crippen molar-refractivity contribution in [3.63, 3.8) is 0 Å². The summed E-state index contributed by atoms with van der Waals surface area (Å²) in [4.78, 5) is 35.6. The summed E-state index contributed by atoms with van der Waals surface area (Å²) >= 11 is 0. The predicted octanol–water partition coefficient (Wildman–Crippen LogP) is 1.63. The highest BCUT2D eigenvalue weighted by Gasteiger charge is 2.14. The molecule has 2 aromatic heterocycles. The topological polar surface area (TPSA) is 119 Å². The molecule has 3 aromatic rings. The molecule has 1 aromatic carbocycles. The molecule has 140 valence electrons. The van der Waals surface area contributed by atoms with Crippen LogP contribution in [0.25, 0.3) is 11.0 Å². The molecule has 8 nitrogen and oxygen atoms in total. The molecule has 0 spiro atoms. The van der Waals surface area contributed by atoms with Gasteiger partial charge in [0.15, 0.2) is 5.76 Å². The number of rotatable bonds is 5. The first-order valence-electron chi connectivity index (χ1n) is 8.07. The number of aryl methyl sites for hydroxylation is 1. The lowest BCUT2D eigenvalue weighted by Crippen LogP contribution is -2.25. The summed E-state index contributed by atoms with van der Waals surface area (Å²) in [6, 6.07) is 7.37. The molecule has 2 heterocycles. The SMILES string of the molecule is COc1ccc2c(CC(=O)NCc3oc(C)cc(=O)c3O)cc(=O)oc2c1. The van der Waals surface area contributed by atoms with Crippen molar-refractivity contribution in [1.82, 2.24) is 5.32 Å². The lowest BCUT2D eigenvalue weighted by atomic mass is 10.1. The van der Waals surface area contributed by atoms with Crippen molar-refractivity contribution in [3.8, 4) is 11.5 Å². The van der Waals surface area contributed by atoms with Crippen LogP contribution in [0.3, 0.4) is 0 Å². The number of amides is 1. The summed E-state index contributed by atoms with van der Waals surface area (Å²) < 4.78 is 15.5. The van der Waals surface area contributed by atoms with Crippen LogP contribution in [0, 0.1) is 6.92 Å². The minimum Gasteiger partial charge on any atom is -0.502 e. The number of aromatic hydroxyl groups is 1. The molecular formula is C19H17NO7. The molecular weight excluding hydrogens is 354 g/mol. The van der Waals surface area contributed by atoms with E-state index in [0.717, 1.165) is 6.07 Å². The average Bonchev–Trinajstić information content (AvgIpc) is 2.62. The zero-order valence-electron chi connectivity index (χ0n) is 14.7. The molecule has 0 aliphatic rings. The third kappa shape index (κ3) is 4.00. The summed E-state index contributed by atoms with van der Waals surface area (Å²) in [5, 5.41) is 12.9. The van der Waals surface area contributed by atoms with Gasteiger partial charge >= 0.3 is 5.63 Å². The Bertz CT molecular complexity index is 1130. The molecule has 0 radical (unpaired) electrons. The molecule has 0 fully saturated rings. The Morgan fingerprint density at radius 3 is 2.70 bits per heavy atom. The van der Waals surface area contributed by atoms with Gasteiger partial charge in [-0.3, -0.25) is 9.59 Å². The van der Waals surface area contributed by atoms with Gasteiger partial charge in [-0.25, -0.2) is 4.79 Å². The van der Waals surface area contributed by atoms with E-state index in [-0.39, 0.29) is 18.7 Å². The van der Waals surface area contributed by atoms with Gasteiger partial charge in [0, 0.05) is 23.6 Å². The van der Waals surface area contributed by atoms with Crippen LogP contribution in [-0.2, 0) is 17.8 Å². The summed E-state index contributed by atoms with van der Waals surface area (Å²) in [6.45, 7) is 1.41. The van der Waals surface area contributed by atoms with Gasteiger partial charge in [0.2, 0.25) is 17.1 Å². The Balaban J connectivity index is 1.80. The molecule has 0 unspecified atom stereocenters. The van der Waals surface area contributed by atoms with E-state index in [4.69, 9.17) is 13.6 Å². The van der Waals surface area contributed by atoms with Crippen LogP contribution in [0.4, 0.5) is 0 Å². The summed E-state index contributed by atoms with van der Waals surface area (Å²) in [6.07, 6.45) is -0.0920. The third-order valence-corrected chi connectivity index (χ3v) is 3.95. The molecule has 2 N–H and O–H groups in total. The molecule has 0 atom stereocenters. The Morgan fingerprint density at radius 2 is 1.96 bits per heavy atom. The van der Waals surface area contributed by atoms with Gasteiger partial charge in [-0.15, -0.1) is 0 Å². The van der Waals surface area contributed by atoms with Gasteiger partial charge < -0.3 is 24.0 Å². The number of hydrogen-bond donors (Lipinski definition) is 2. The lowest BCUT2D eigenvalue weighted by Gasteiger charge is -2.09. The van der Waals surface area contributed by atoms with E-state index in [1.54, 1.807) is 25.1 Å². The number of benzene rings is 1. The molecule has 3 rings (SSSR count). The van der Waals surface area contributed by atoms with E-state index < -0.39 is 22.7 Å². The van der Waals surface area contributed by atoms with E-state index in [9.17, 15) is 19.5 Å². The third-order valence-electron chi connectivity index (χ3n) is 3.95. The fourth-order valence-corrected chi connectivity index (χ4v) is 2.68. The molecule has 0 saturated carbocycles. The molecule has 8 heteroatoms. The number of nitrogens with one attached hydrogen (secondary N) is 1. The molecule has 0 bridgehead atoms. The maximum absolute atomic E-state index is 12.3. The predicted molar refractivity (Wildman–Crippen MR) is 96.0 cm³/mol. The van der Waals surface area contributed by atoms with Gasteiger partial charge in [0.25, 0.3) is 0 Å². The average molecular weight is 371 g/mol. The standard InChI is InChI=1S/C19H17NO7/c1-10-5-14(21)19(24)16(26-10)9-20-17(22)6-11-7-18(23)27-15-8-12(25-2)3-4-13(11)15/h3-5,7-8,24H,6,9H2,1-2H3,(H,20,22). The van der Waals surface area contributed by atoms with Crippen LogP contribution >= 0.6 is 0 Å². The van der Waals surface area contributed by atoms with Crippen LogP contribution in [0.1, 0.15) is 17.1 Å². The van der Waals surface area contributed by atoms with Crippen molar-refractivity contribution in [2.24, 2.45) is 0 Å². The van der Waals surface area contributed by atoms with Crippen LogP contribution in [0.2, 0.25) is 0 Å². The van der Waals surface area contributed by atoms with Crippen molar-refractivity contribution in [3.05, 3.63) is 68.1 Å². The number of ether oxygens (including phenoxy) is 1. The van der Waals surface area contributed by atoms with Gasteiger partial charge in [-0.2, -0.15) is 0 Å². The van der Waals surface area contributed by atoms with Crippen molar-refractivity contribution in [2.75, 3.05) is 7.11 Å². The molecule has 0 saturated heterocycles. The monoisotopic (exact) mass is 371 g/mol. The normalized spacial score (nSPS) is 10.7. The first-order chi connectivity index (χ1) is 12.9. The highest BCUT2D eigenvalue weighted by molar-refractivity contribution is 5.87. The Morgan fingerprint density at radius 1 is 1.19 bits per heavy atom. The second kappa shape index (κ2) is 7.36. The molecule has 1 amide bonds. The molecule has 0 aliphatic heterocycles. The first-order valence-corrected chi connectivity index (χ1v) is 8.07. The second-order valence-corrected chi connectivity index (χ2v) is 5.90. The fourth-order valence-electron chi connectivity index (χ4n) is 2.68. The van der Waals surface area contributed by atoms with Crippen molar-refractivity contribution in [2.45, 2.75) is 19.9 Å². The maximum Gasteiger partial charge on any atom is 0.336 e. The van der Waals surface area contributed by atoms with Gasteiger partial charge in [0.1, 0.15) is 17.1 Å². The maximum atomic E-state index is 12.3. The number of hydrogen-bond acceptors (Lipinski definition) is 7. The van der Waals surface area contributed by atoms with E-state index in [0.29, 0.717) is 28.0 Å². The quantitative estimate of drug-likeness (QED) is 0.654. The van der Waals surface area contributed by atoms with Gasteiger partial charge in [-0.05, 0) is 24.6 Å². The largest absolute Gasteiger partial charge is 0.502 e. The fraction of sp³-hybridized carbons (Fsp3) is 0.211. The van der Waals surface area contributed by atoms with E-state index in [1.807, 2.05) is 0 Å². The minimum absolute atomic E-state index is 0.0319. The summed E-state index contributed by atoms with van der Waals surface area (Å²) in [5.41, 5.74) is -0.368. The Kier molecular flexibility index (Phi) is 4.98. The van der Waals surface area contributed by atoms with E-state index in [1.165, 1.54) is 13.2 Å². The highest BCUT2D eigenvalue weighted by atomic mass is 16.5. The number of fused-ring (bicyclic) bond motifs is 1. The Hall–Kier alpha value is -3.55. The van der Waals surface area contributed by atoms with Crippen LogP contribution in [-0.4, -0.2) is 18.1 Å². The highest BCUT2D eigenvalue weighted by Crippen LogP contribution is 2.23. The van der Waals surface area contributed by atoms with E-state index >= 15 is 0 Å². The number of carbonyl (C=O) groups is 1. The lowest BCUT2D eigenvalue weighted by molar-refractivity contribution is -0.120. The molecule has 0 aliphatic carbocycles. The van der Waals surface area contributed by atoms with Gasteiger partial charge in [0.05, 0.1) is 20.1 Å². The first kappa shape index (κ1) is 18.2. The van der Waals surface area contributed by atoms with Crippen LogP contribution in [0.15, 0.2) is 48.8 Å². The minimum atomic E-state index is -0.583. The van der Waals surface area contributed by atoms with E-state index in [2.05, 4.69) is 5.32 Å². The Labute approximate surface area is 153 Å². The number of methoxy groups -OCH3 is 1. The van der Waals surface area contributed by atoms with Gasteiger partial charge in [-0.1, -0.05) is 0 Å². The van der Waals surface area contributed by atoms with Crippen molar-refractivity contribution in [1.29, 1.82) is 0 Å². The summed E-state index contributed by atoms with van der Waals surface area (Å²) in [5.74, 6) is -0.143. The number of carbonyl (C=O) groups excluding carboxylic acids is 1. The van der Waals surface area contributed by atoms with Crippen molar-refractivity contribution < 1.29 is 23.5 Å². The second-order valence-electron chi connectivity index (χ2n) is 5.90. The zero-order valence-corrected chi connectivity index (χ0v) is 14.7. The molecule has 27 heavy (non-hydrogen) atoms. The smallest absolute Gasteiger partial charge is 0.336 e. The zero-order chi connectivity index (χ0) is 19.6. The summed E-state index contributed by atoms with van der Waals surface area (Å²) in [7, 11) is 1.50.